The van der Waals surface area contributed by atoms with Crippen molar-refractivity contribution in [3.8, 4) is 11.5 Å². The van der Waals surface area contributed by atoms with E-state index in [0.717, 1.165) is 62.3 Å². The van der Waals surface area contributed by atoms with Crippen molar-refractivity contribution in [1.29, 1.82) is 0 Å². The van der Waals surface area contributed by atoms with Crippen LogP contribution in [0.5, 0.6) is 11.5 Å². The number of benzene rings is 1. The molecule has 1 N–H and O–H groups in total. The van der Waals surface area contributed by atoms with Crippen LogP contribution >= 0.6 is 0 Å². The van der Waals surface area contributed by atoms with Crippen LogP contribution in [0.1, 0.15) is 53.7 Å². The van der Waals surface area contributed by atoms with E-state index in [2.05, 4.69) is 33.0 Å². The van der Waals surface area contributed by atoms with Gasteiger partial charge in [-0.3, -0.25) is 9.69 Å². The maximum atomic E-state index is 13.2. The Bertz CT molecular complexity index is 927. The molecule has 6 rings (SSSR count). The molecular formula is C23H27N3O3. The summed E-state index contributed by atoms with van der Waals surface area (Å²) in [7, 11) is 0. The van der Waals surface area contributed by atoms with Crippen molar-refractivity contribution in [1.82, 2.24) is 14.8 Å². The van der Waals surface area contributed by atoms with E-state index in [1.807, 2.05) is 12.3 Å². The van der Waals surface area contributed by atoms with Crippen LogP contribution in [0.25, 0.3) is 0 Å². The lowest BCUT2D eigenvalue weighted by Crippen LogP contribution is -2.37. The number of nitrogens with one attached hydrogen (secondary N) is 1. The highest BCUT2D eigenvalue weighted by Gasteiger charge is 2.58. The van der Waals surface area contributed by atoms with Crippen molar-refractivity contribution in [3.05, 3.63) is 47.3 Å². The molecule has 4 heterocycles. The predicted molar refractivity (Wildman–Crippen MR) is 108 cm³/mol. The van der Waals surface area contributed by atoms with E-state index < -0.39 is 0 Å². The monoisotopic (exact) mass is 393 g/mol. The fourth-order valence-electron chi connectivity index (χ4n) is 5.41. The zero-order valence-corrected chi connectivity index (χ0v) is 16.7. The second-order valence-corrected chi connectivity index (χ2v) is 8.94. The number of piperidine rings is 1. The minimum Gasteiger partial charge on any atom is -0.454 e. The second-order valence-electron chi connectivity index (χ2n) is 8.94. The first-order chi connectivity index (χ1) is 14.2. The lowest BCUT2D eigenvalue weighted by Gasteiger charge is -2.33. The summed E-state index contributed by atoms with van der Waals surface area (Å²) < 4.78 is 11.1. The van der Waals surface area contributed by atoms with E-state index in [4.69, 9.17) is 9.47 Å². The number of aromatic amines is 1. The van der Waals surface area contributed by atoms with Gasteiger partial charge < -0.3 is 19.4 Å². The molecule has 3 aliphatic heterocycles. The predicted octanol–water partition coefficient (Wildman–Crippen LogP) is 3.49. The van der Waals surface area contributed by atoms with Crippen LogP contribution in [-0.2, 0) is 12.1 Å². The van der Waals surface area contributed by atoms with Gasteiger partial charge in [0.2, 0.25) is 6.79 Å². The van der Waals surface area contributed by atoms with Crippen molar-refractivity contribution >= 4 is 5.91 Å². The molecule has 0 radical (unpaired) electrons. The zero-order chi connectivity index (χ0) is 19.4. The van der Waals surface area contributed by atoms with Gasteiger partial charge in [0.05, 0.1) is 5.54 Å². The highest BCUT2D eigenvalue weighted by Crippen LogP contribution is 2.58. The topological polar surface area (TPSA) is 57.8 Å². The molecule has 1 spiro atoms. The zero-order valence-electron chi connectivity index (χ0n) is 16.7. The largest absolute Gasteiger partial charge is 0.454 e. The summed E-state index contributed by atoms with van der Waals surface area (Å²) in [5.74, 6) is 2.39. The number of likely N-dealkylation sites (tertiary alicyclic amines) is 1. The minimum absolute atomic E-state index is 0.0677. The van der Waals surface area contributed by atoms with E-state index in [0.29, 0.717) is 11.7 Å². The Hall–Kier alpha value is -2.47. The van der Waals surface area contributed by atoms with Crippen LogP contribution in [0.2, 0.25) is 0 Å². The fourth-order valence-corrected chi connectivity index (χ4v) is 5.41. The average molecular weight is 393 g/mol. The van der Waals surface area contributed by atoms with Gasteiger partial charge in [0, 0.05) is 30.5 Å². The minimum atomic E-state index is -0.0677. The number of H-pyrrole nitrogens is 1. The first-order valence-electron chi connectivity index (χ1n) is 10.8. The maximum Gasteiger partial charge on any atom is 0.255 e. The molecule has 6 nitrogen and oxygen atoms in total. The summed E-state index contributed by atoms with van der Waals surface area (Å²) in [6.07, 6.45) is 7.68. The van der Waals surface area contributed by atoms with Gasteiger partial charge >= 0.3 is 0 Å². The van der Waals surface area contributed by atoms with Crippen molar-refractivity contribution in [2.75, 3.05) is 26.4 Å². The molecule has 2 aromatic rings. The molecule has 1 saturated heterocycles. The second kappa shape index (κ2) is 6.52. The first kappa shape index (κ1) is 17.4. The summed E-state index contributed by atoms with van der Waals surface area (Å²) in [5.41, 5.74) is 3.21. The molecule has 1 saturated carbocycles. The number of amides is 1. The standard InChI is InChI=1S/C23H27N3O3/c27-22-18-12-20-21(29-15-28-20)13-19(18)23(6-7-23)26(22)11-5-16-3-9-25(10-4-16)14-17-2-1-8-24-17/h1-2,8,12-13,16,24H,3-7,9-11,14-15H2. The van der Waals surface area contributed by atoms with Crippen LogP contribution < -0.4 is 9.47 Å². The van der Waals surface area contributed by atoms with Gasteiger partial charge in [0.15, 0.2) is 11.5 Å². The molecule has 0 bridgehead atoms. The number of carbonyl (C=O) groups is 1. The van der Waals surface area contributed by atoms with Crippen molar-refractivity contribution in [2.24, 2.45) is 5.92 Å². The molecule has 152 valence electrons. The summed E-state index contributed by atoms with van der Waals surface area (Å²) in [5, 5.41) is 0. The Kier molecular flexibility index (Phi) is 3.91. The third kappa shape index (κ3) is 2.84. The van der Waals surface area contributed by atoms with Crippen molar-refractivity contribution in [3.63, 3.8) is 0 Å². The number of hydrogen-bond donors (Lipinski definition) is 1. The molecule has 0 atom stereocenters. The van der Waals surface area contributed by atoms with Crippen LogP contribution in [0.4, 0.5) is 0 Å². The number of aromatic nitrogens is 1. The van der Waals surface area contributed by atoms with Gasteiger partial charge in [0.25, 0.3) is 5.91 Å². The first-order valence-corrected chi connectivity index (χ1v) is 10.8. The third-order valence-electron chi connectivity index (χ3n) is 7.25. The van der Waals surface area contributed by atoms with E-state index in [1.165, 1.54) is 18.5 Å². The summed E-state index contributed by atoms with van der Waals surface area (Å²) in [4.78, 5) is 21.2. The number of hydrogen-bond acceptors (Lipinski definition) is 4. The van der Waals surface area contributed by atoms with Crippen LogP contribution in [0.15, 0.2) is 30.5 Å². The Morgan fingerprint density at radius 2 is 1.93 bits per heavy atom. The number of ether oxygens (including phenoxy) is 2. The molecule has 4 aliphatic rings. The molecule has 0 unspecified atom stereocenters. The number of carbonyl (C=O) groups excluding carboxylic acids is 1. The van der Waals surface area contributed by atoms with Crippen molar-refractivity contribution in [2.45, 2.75) is 44.2 Å². The van der Waals surface area contributed by atoms with E-state index >= 15 is 0 Å². The van der Waals surface area contributed by atoms with Gasteiger partial charge in [-0.05, 0) is 80.9 Å². The summed E-state index contributed by atoms with van der Waals surface area (Å²) in [6, 6.07) is 8.18. The average Bonchev–Trinajstić information content (AvgIpc) is 3.08. The van der Waals surface area contributed by atoms with Crippen LogP contribution in [-0.4, -0.2) is 47.1 Å². The molecule has 1 amide bonds. The molecule has 6 heteroatoms. The molecule has 29 heavy (non-hydrogen) atoms. The molecule has 2 fully saturated rings. The quantitative estimate of drug-likeness (QED) is 0.845. The number of nitrogens with zero attached hydrogens (tertiary/aromatic N) is 2. The highest BCUT2D eigenvalue weighted by molar-refractivity contribution is 6.01. The Balaban J connectivity index is 1.09. The van der Waals surface area contributed by atoms with Gasteiger partial charge in [-0.1, -0.05) is 0 Å². The van der Waals surface area contributed by atoms with E-state index in [-0.39, 0.29) is 18.2 Å². The fraction of sp³-hybridized carbons (Fsp3) is 0.522. The van der Waals surface area contributed by atoms with Gasteiger partial charge in [-0.15, -0.1) is 0 Å². The molecular weight excluding hydrogens is 366 g/mol. The third-order valence-corrected chi connectivity index (χ3v) is 7.25. The van der Waals surface area contributed by atoms with E-state index in [9.17, 15) is 4.79 Å². The Morgan fingerprint density at radius 3 is 2.66 bits per heavy atom. The number of fused-ring (bicyclic) bond motifs is 3. The SMILES string of the molecule is O=C1c2cc3c(cc2C2(CC2)N1CCC1CCN(Cc2ccc[nH]2)CC1)OCO3. The lowest BCUT2D eigenvalue weighted by molar-refractivity contribution is 0.0671. The normalized spacial score (nSPS) is 22.5. The maximum absolute atomic E-state index is 13.2. The van der Waals surface area contributed by atoms with Gasteiger partial charge in [-0.2, -0.15) is 0 Å². The van der Waals surface area contributed by atoms with Gasteiger partial charge in [-0.25, -0.2) is 0 Å². The molecule has 1 aromatic heterocycles. The molecule has 1 aromatic carbocycles. The Morgan fingerprint density at radius 1 is 1.14 bits per heavy atom. The highest BCUT2D eigenvalue weighted by atomic mass is 16.7. The van der Waals surface area contributed by atoms with Crippen LogP contribution in [0, 0.1) is 5.92 Å². The molecule has 1 aliphatic carbocycles. The summed E-state index contributed by atoms with van der Waals surface area (Å²) >= 11 is 0. The summed E-state index contributed by atoms with van der Waals surface area (Å²) in [6.45, 7) is 4.42. The number of rotatable bonds is 5. The lowest BCUT2D eigenvalue weighted by atomic mass is 9.93. The Labute approximate surface area is 170 Å². The van der Waals surface area contributed by atoms with E-state index in [1.54, 1.807) is 0 Å². The smallest absolute Gasteiger partial charge is 0.255 e. The van der Waals surface area contributed by atoms with Crippen LogP contribution in [0.3, 0.4) is 0 Å². The van der Waals surface area contributed by atoms with Gasteiger partial charge in [0.1, 0.15) is 0 Å². The van der Waals surface area contributed by atoms with Crippen molar-refractivity contribution < 1.29 is 14.3 Å².